The number of hydrogen-bond donors (Lipinski definition) is 2. The average Bonchev–Trinajstić information content (AvgIpc) is 2.22. The van der Waals surface area contributed by atoms with Crippen LogP contribution in [-0.4, -0.2) is 16.2 Å². The van der Waals surface area contributed by atoms with Gasteiger partial charge in [-0.1, -0.05) is 0 Å². The van der Waals surface area contributed by atoms with E-state index in [2.05, 4.69) is 64.4 Å². The molecule has 5 nitrogen and oxygen atoms in total. The summed E-state index contributed by atoms with van der Waals surface area (Å²) in [5, 5.41) is 18.6. The summed E-state index contributed by atoms with van der Waals surface area (Å²) in [6.07, 6.45) is 0. The van der Waals surface area contributed by atoms with Gasteiger partial charge in [-0.05, 0) is 31.9 Å². The van der Waals surface area contributed by atoms with Crippen molar-refractivity contribution in [1.29, 1.82) is 0 Å². The molecule has 0 saturated carbocycles. The molecule has 0 aliphatic rings. The topological polar surface area (TPSA) is 76.0 Å². The first-order chi connectivity index (χ1) is 7.45. The Bertz CT molecular complexity index is 447. The maximum Gasteiger partial charge on any atom is 0.338 e. The van der Waals surface area contributed by atoms with E-state index in [0.29, 0.717) is 0 Å². The largest absolute Gasteiger partial charge is 0.503 e. The summed E-state index contributed by atoms with van der Waals surface area (Å²) in [7, 11) is 0. The zero-order chi connectivity index (χ0) is 12.5. The second-order valence-corrected chi connectivity index (χ2v) is 4.70. The van der Waals surface area contributed by atoms with Gasteiger partial charge in [-0.25, -0.2) is 4.79 Å². The highest BCUT2D eigenvalue weighted by Crippen LogP contribution is 2.50. The first-order valence-electron chi connectivity index (χ1n) is 3.50. The van der Waals surface area contributed by atoms with Crippen molar-refractivity contribution in [1.82, 2.24) is 0 Å². The Morgan fingerprint density at radius 3 is 1.94 bits per heavy atom. The third-order valence-electron chi connectivity index (χ3n) is 1.64. The number of carboxylic acids is 1. The van der Waals surface area contributed by atoms with E-state index in [0.717, 1.165) is 0 Å². The number of hydrogen-bond acceptors (Lipinski definition) is 4. The number of benzene rings is 1. The van der Waals surface area contributed by atoms with Crippen LogP contribution in [0.4, 0.5) is 0 Å². The highest BCUT2D eigenvalue weighted by atomic mass is 79.9. The van der Waals surface area contributed by atoms with E-state index >= 15 is 0 Å². The molecule has 0 saturated heterocycles. The Morgan fingerprint density at radius 1 is 1.06 bits per heavy atom. The van der Waals surface area contributed by atoms with Crippen LogP contribution in [0.3, 0.4) is 0 Å². The number of carboxylic acid groups (broad SMARTS) is 1. The van der Waals surface area contributed by atoms with Gasteiger partial charge in [0, 0.05) is 0 Å². The number of aromatic carboxylic acids is 1. The number of carbonyl (C=O) groups is 1. The van der Waals surface area contributed by atoms with Gasteiger partial charge in [-0.2, -0.15) is 0 Å². The van der Waals surface area contributed by atoms with Gasteiger partial charge in [-0.15, -0.1) is 0 Å². The minimum atomic E-state index is -1.24. The molecular weight excluding hydrogens is 484 g/mol. The van der Waals surface area contributed by atoms with E-state index in [1.807, 2.05) is 0 Å². The van der Waals surface area contributed by atoms with Crippen LogP contribution in [-0.2, 0) is 0 Å². The molecular formula is C7H2Br4O5. The van der Waals surface area contributed by atoms with Gasteiger partial charge in [-0.3, -0.25) is 0 Å². The van der Waals surface area contributed by atoms with E-state index < -0.39 is 11.7 Å². The first kappa shape index (κ1) is 14.1. The number of phenolic OH excluding ortho intramolecular Hbond substituents is 1. The van der Waals surface area contributed by atoms with E-state index in [4.69, 9.17) is 12.8 Å². The molecule has 88 valence electrons. The molecule has 0 spiro atoms. The smallest absolute Gasteiger partial charge is 0.338 e. The third kappa shape index (κ3) is 2.31. The van der Waals surface area contributed by atoms with Crippen LogP contribution < -0.4 is 7.66 Å². The highest BCUT2D eigenvalue weighted by molar-refractivity contribution is 9.11. The summed E-state index contributed by atoms with van der Waals surface area (Å²) in [6.45, 7) is 0. The van der Waals surface area contributed by atoms with Crippen molar-refractivity contribution in [2.24, 2.45) is 0 Å². The van der Waals surface area contributed by atoms with Crippen LogP contribution in [0.25, 0.3) is 0 Å². The van der Waals surface area contributed by atoms with Crippen molar-refractivity contribution in [2.75, 3.05) is 0 Å². The van der Waals surface area contributed by atoms with Gasteiger partial charge in [0.25, 0.3) is 0 Å². The minimum absolute atomic E-state index is 0.00465. The Balaban J connectivity index is 3.69. The maximum absolute atomic E-state index is 11.0. The molecule has 0 amide bonds. The Kier molecular flexibility index (Phi) is 4.89. The molecule has 0 radical (unpaired) electrons. The van der Waals surface area contributed by atoms with Crippen molar-refractivity contribution >= 4 is 70.3 Å². The highest BCUT2D eigenvalue weighted by Gasteiger charge is 2.27. The van der Waals surface area contributed by atoms with Gasteiger partial charge in [0.1, 0.15) is 0 Å². The Hall–Kier alpha value is 0.01000. The molecule has 0 fully saturated rings. The van der Waals surface area contributed by atoms with Gasteiger partial charge in [0.05, 0.1) is 14.5 Å². The molecule has 1 aromatic rings. The van der Waals surface area contributed by atoms with Crippen LogP contribution in [0.1, 0.15) is 10.4 Å². The molecule has 9 heteroatoms. The molecule has 1 aromatic carbocycles. The number of phenols is 1. The maximum atomic E-state index is 11.0. The van der Waals surface area contributed by atoms with Gasteiger partial charge >= 0.3 is 5.97 Å². The molecule has 0 bridgehead atoms. The van der Waals surface area contributed by atoms with Crippen LogP contribution >= 0.6 is 64.4 Å². The summed E-state index contributed by atoms with van der Waals surface area (Å²) >= 11 is 11.4. The first-order valence-corrected chi connectivity index (χ1v) is 6.38. The number of aromatic hydroxyl groups is 1. The van der Waals surface area contributed by atoms with Gasteiger partial charge < -0.3 is 17.9 Å². The lowest BCUT2D eigenvalue weighted by Gasteiger charge is -2.12. The van der Waals surface area contributed by atoms with Gasteiger partial charge in [0.15, 0.2) is 44.0 Å². The SMILES string of the molecule is O=C(O)c1c(Br)c(O)c(OBr)c(OBr)c1Br. The summed E-state index contributed by atoms with van der Waals surface area (Å²) in [6, 6.07) is 0. The zero-order valence-corrected chi connectivity index (χ0v) is 13.5. The summed E-state index contributed by atoms with van der Waals surface area (Å²) in [5.41, 5.74) is -0.180. The summed E-state index contributed by atoms with van der Waals surface area (Å²) < 4.78 is 9.58. The normalized spacial score (nSPS) is 10.0. The van der Waals surface area contributed by atoms with Crippen molar-refractivity contribution in [3.05, 3.63) is 14.5 Å². The van der Waals surface area contributed by atoms with Crippen LogP contribution in [0.15, 0.2) is 8.95 Å². The van der Waals surface area contributed by atoms with E-state index in [1.165, 1.54) is 0 Å². The lowest BCUT2D eigenvalue weighted by molar-refractivity contribution is 0.0694. The number of rotatable bonds is 3. The fraction of sp³-hybridized carbons (Fsp3) is 0. The van der Waals surface area contributed by atoms with Crippen molar-refractivity contribution in [3.63, 3.8) is 0 Å². The molecule has 0 heterocycles. The summed E-state index contributed by atoms with van der Waals surface area (Å²) in [5.74, 6) is -1.71. The van der Waals surface area contributed by atoms with Crippen LogP contribution in [0.5, 0.6) is 17.2 Å². The third-order valence-corrected chi connectivity index (χ3v) is 3.81. The Morgan fingerprint density at radius 2 is 1.56 bits per heavy atom. The molecule has 1 rings (SSSR count). The van der Waals surface area contributed by atoms with E-state index in [1.54, 1.807) is 0 Å². The van der Waals surface area contributed by atoms with E-state index in [9.17, 15) is 9.90 Å². The Labute approximate surface area is 124 Å². The predicted octanol–water partition coefficient (Wildman–Crippen LogP) is 3.99. The number of halogens is 4. The fourth-order valence-corrected chi connectivity index (χ4v) is 3.23. The molecule has 0 aromatic heterocycles. The second-order valence-electron chi connectivity index (χ2n) is 2.47. The van der Waals surface area contributed by atoms with Crippen molar-refractivity contribution < 1.29 is 22.7 Å². The van der Waals surface area contributed by atoms with Crippen LogP contribution in [0, 0.1) is 0 Å². The molecule has 16 heavy (non-hydrogen) atoms. The van der Waals surface area contributed by atoms with Gasteiger partial charge in [0.2, 0.25) is 5.75 Å². The summed E-state index contributed by atoms with van der Waals surface area (Å²) in [4.78, 5) is 11.0. The average molecular weight is 486 g/mol. The minimum Gasteiger partial charge on any atom is -0.503 e. The fourth-order valence-electron chi connectivity index (χ4n) is 0.963. The molecule has 0 aliphatic carbocycles. The quantitative estimate of drug-likeness (QED) is 0.677. The van der Waals surface area contributed by atoms with E-state index in [-0.39, 0.29) is 26.0 Å². The monoisotopic (exact) mass is 482 g/mol. The van der Waals surface area contributed by atoms with Crippen molar-refractivity contribution in [3.8, 4) is 17.2 Å². The lowest BCUT2D eigenvalue weighted by atomic mass is 10.2. The molecule has 0 aliphatic heterocycles. The van der Waals surface area contributed by atoms with Crippen molar-refractivity contribution in [2.45, 2.75) is 0 Å². The predicted molar refractivity (Wildman–Crippen MR) is 69.6 cm³/mol. The molecule has 0 atom stereocenters. The standard InChI is InChI=1S/C7H2Br4O5/c8-2-1(7(13)14)3(9)5(15-10)6(16-11)4(2)12/h12H,(H,13,14). The lowest BCUT2D eigenvalue weighted by Crippen LogP contribution is -2.01. The molecule has 0 unspecified atom stereocenters. The zero-order valence-electron chi connectivity index (χ0n) is 7.13. The second kappa shape index (κ2) is 5.56. The van der Waals surface area contributed by atoms with Crippen LogP contribution in [0.2, 0.25) is 0 Å². The molecule has 2 N–H and O–H groups in total.